The molecular formula is C23H36ClN3O. The lowest BCUT2D eigenvalue weighted by atomic mass is 9.70. The first-order chi connectivity index (χ1) is 13.3. The highest BCUT2D eigenvalue weighted by Crippen LogP contribution is 2.42. The topological polar surface area (TPSA) is 35.6 Å². The minimum absolute atomic E-state index is 0.117. The van der Waals surface area contributed by atoms with Gasteiger partial charge < -0.3 is 15.1 Å². The fourth-order valence-corrected chi connectivity index (χ4v) is 4.93. The first-order valence-electron chi connectivity index (χ1n) is 10.8. The van der Waals surface area contributed by atoms with E-state index in [0.717, 1.165) is 57.0 Å². The van der Waals surface area contributed by atoms with Crippen molar-refractivity contribution < 1.29 is 4.79 Å². The maximum absolute atomic E-state index is 12.6. The van der Waals surface area contributed by atoms with Gasteiger partial charge in [-0.3, -0.25) is 0 Å². The summed E-state index contributed by atoms with van der Waals surface area (Å²) in [6.45, 7) is 14.0. The van der Waals surface area contributed by atoms with Gasteiger partial charge in [0.1, 0.15) is 0 Å². The van der Waals surface area contributed by atoms with Gasteiger partial charge in [0.15, 0.2) is 0 Å². The molecule has 0 aromatic heterocycles. The van der Waals surface area contributed by atoms with Crippen LogP contribution in [0.5, 0.6) is 0 Å². The number of amides is 2. The second kappa shape index (κ2) is 9.04. The molecule has 0 saturated carbocycles. The van der Waals surface area contributed by atoms with Crippen molar-refractivity contribution in [2.75, 3.05) is 32.7 Å². The fourth-order valence-electron chi connectivity index (χ4n) is 4.81. The molecule has 5 heteroatoms. The van der Waals surface area contributed by atoms with E-state index in [9.17, 15) is 4.79 Å². The van der Waals surface area contributed by atoms with Gasteiger partial charge in [0.2, 0.25) is 0 Å². The van der Waals surface area contributed by atoms with Crippen LogP contribution < -0.4 is 5.32 Å². The summed E-state index contributed by atoms with van der Waals surface area (Å²) < 4.78 is 0. The summed E-state index contributed by atoms with van der Waals surface area (Å²) >= 11 is 6.07. The van der Waals surface area contributed by atoms with Crippen LogP contribution in [0, 0.1) is 11.3 Å². The van der Waals surface area contributed by atoms with Crippen LogP contribution in [0.3, 0.4) is 0 Å². The van der Waals surface area contributed by atoms with Gasteiger partial charge in [0, 0.05) is 37.2 Å². The van der Waals surface area contributed by atoms with E-state index in [1.165, 1.54) is 5.56 Å². The first kappa shape index (κ1) is 21.4. The van der Waals surface area contributed by atoms with Crippen molar-refractivity contribution in [1.29, 1.82) is 0 Å². The fraction of sp³-hybridized carbons (Fsp3) is 0.696. The van der Waals surface area contributed by atoms with Crippen LogP contribution >= 0.6 is 11.6 Å². The van der Waals surface area contributed by atoms with E-state index in [0.29, 0.717) is 11.8 Å². The standard InChI is InChI=1S/C23H36ClN3O/c1-17(2)21(25-22(28)27-12-5-6-13-27)15-26-14-11-20(23(3,4)16-26)18-7-9-19(24)10-8-18/h7-10,17,20-21H,5-6,11-16H2,1-4H3,(H,25,28)/t20?,21-/m0/s1. The lowest BCUT2D eigenvalue weighted by molar-refractivity contribution is 0.0796. The predicted octanol–water partition coefficient (Wildman–Crippen LogP) is 4.99. The zero-order chi connectivity index (χ0) is 20.3. The van der Waals surface area contributed by atoms with E-state index in [1.807, 2.05) is 17.0 Å². The number of urea groups is 1. The Hall–Kier alpha value is -1.26. The molecule has 2 heterocycles. The highest BCUT2D eigenvalue weighted by Gasteiger charge is 2.37. The van der Waals surface area contributed by atoms with Crippen LogP contribution in [0.4, 0.5) is 4.79 Å². The number of rotatable bonds is 5. The normalized spacial score (nSPS) is 23.8. The number of hydrogen-bond donors (Lipinski definition) is 1. The number of carbonyl (C=O) groups excluding carboxylic acids is 1. The summed E-state index contributed by atoms with van der Waals surface area (Å²) in [5.41, 5.74) is 1.57. The molecular weight excluding hydrogens is 370 g/mol. The van der Waals surface area contributed by atoms with Gasteiger partial charge in [-0.15, -0.1) is 0 Å². The molecule has 0 aliphatic carbocycles. The summed E-state index contributed by atoms with van der Waals surface area (Å²) in [4.78, 5) is 17.1. The van der Waals surface area contributed by atoms with Gasteiger partial charge in [0.25, 0.3) is 0 Å². The smallest absolute Gasteiger partial charge is 0.317 e. The van der Waals surface area contributed by atoms with Crippen molar-refractivity contribution in [3.8, 4) is 0 Å². The third-order valence-corrected chi connectivity index (χ3v) is 6.79. The minimum atomic E-state index is 0.117. The summed E-state index contributed by atoms with van der Waals surface area (Å²) in [6, 6.07) is 8.67. The van der Waals surface area contributed by atoms with Crippen LogP contribution in [0.2, 0.25) is 5.02 Å². The molecule has 3 rings (SSSR count). The Labute approximate surface area is 175 Å². The minimum Gasteiger partial charge on any atom is -0.334 e. The molecule has 2 amide bonds. The largest absolute Gasteiger partial charge is 0.334 e. The summed E-state index contributed by atoms with van der Waals surface area (Å²) in [5, 5.41) is 4.11. The Kier molecular flexibility index (Phi) is 6.93. The number of nitrogens with one attached hydrogen (secondary N) is 1. The zero-order valence-corrected chi connectivity index (χ0v) is 18.6. The molecule has 1 aromatic carbocycles. The Morgan fingerprint density at radius 1 is 1.18 bits per heavy atom. The highest BCUT2D eigenvalue weighted by molar-refractivity contribution is 6.30. The van der Waals surface area contributed by atoms with Gasteiger partial charge in [0.05, 0.1) is 0 Å². The molecule has 2 saturated heterocycles. The first-order valence-corrected chi connectivity index (χ1v) is 11.2. The molecule has 2 aliphatic heterocycles. The average molecular weight is 406 g/mol. The summed E-state index contributed by atoms with van der Waals surface area (Å²) in [6.07, 6.45) is 3.40. The average Bonchev–Trinajstić information content (AvgIpc) is 3.16. The number of likely N-dealkylation sites (tertiary alicyclic amines) is 2. The summed E-state index contributed by atoms with van der Waals surface area (Å²) in [7, 11) is 0. The van der Waals surface area contributed by atoms with Crippen LogP contribution in [0.15, 0.2) is 24.3 Å². The van der Waals surface area contributed by atoms with Crippen LogP contribution in [0.1, 0.15) is 58.4 Å². The van der Waals surface area contributed by atoms with Crippen molar-refractivity contribution in [3.05, 3.63) is 34.9 Å². The molecule has 2 fully saturated rings. The molecule has 4 nitrogen and oxygen atoms in total. The quantitative estimate of drug-likeness (QED) is 0.749. The van der Waals surface area contributed by atoms with Gasteiger partial charge in [-0.2, -0.15) is 0 Å². The van der Waals surface area contributed by atoms with Crippen molar-refractivity contribution in [3.63, 3.8) is 0 Å². The Morgan fingerprint density at radius 2 is 1.82 bits per heavy atom. The van der Waals surface area contributed by atoms with Gasteiger partial charge in [-0.25, -0.2) is 4.79 Å². The molecule has 2 atom stereocenters. The number of carbonyl (C=O) groups is 1. The maximum Gasteiger partial charge on any atom is 0.317 e. The van der Waals surface area contributed by atoms with Crippen LogP contribution in [-0.2, 0) is 0 Å². The second-order valence-electron chi connectivity index (χ2n) is 9.61. The molecule has 156 valence electrons. The van der Waals surface area contributed by atoms with Crippen LogP contribution in [-0.4, -0.2) is 54.6 Å². The molecule has 0 bridgehead atoms. The lowest BCUT2D eigenvalue weighted by Gasteiger charge is -2.46. The van der Waals surface area contributed by atoms with Crippen molar-refractivity contribution >= 4 is 17.6 Å². The van der Waals surface area contributed by atoms with E-state index in [1.54, 1.807) is 0 Å². The van der Waals surface area contributed by atoms with Crippen molar-refractivity contribution in [2.45, 2.75) is 58.9 Å². The number of nitrogens with zero attached hydrogens (tertiary/aromatic N) is 2. The zero-order valence-electron chi connectivity index (χ0n) is 17.9. The van der Waals surface area contributed by atoms with E-state index in [2.05, 4.69) is 50.0 Å². The number of hydrogen-bond acceptors (Lipinski definition) is 2. The van der Waals surface area contributed by atoms with Gasteiger partial charge in [-0.1, -0.05) is 51.4 Å². The van der Waals surface area contributed by atoms with E-state index in [4.69, 9.17) is 11.6 Å². The molecule has 28 heavy (non-hydrogen) atoms. The summed E-state index contributed by atoms with van der Waals surface area (Å²) in [5.74, 6) is 0.960. The van der Waals surface area contributed by atoms with E-state index >= 15 is 0 Å². The van der Waals surface area contributed by atoms with Crippen LogP contribution in [0.25, 0.3) is 0 Å². The third-order valence-electron chi connectivity index (χ3n) is 6.54. The lowest BCUT2D eigenvalue weighted by Crippen LogP contribution is -2.54. The highest BCUT2D eigenvalue weighted by atomic mass is 35.5. The number of halogens is 1. The number of piperidine rings is 1. The monoisotopic (exact) mass is 405 g/mol. The Balaban J connectivity index is 1.60. The van der Waals surface area contributed by atoms with E-state index < -0.39 is 0 Å². The second-order valence-corrected chi connectivity index (χ2v) is 10.0. The number of benzene rings is 1. The van der Waals surface area contributed by atoms with E-state index in [-0.39, 0.29) is 17.5 Å². The molecule has 1 unspecified atom stereocenters. The Morgan fingerprint density at radius 3 is 2.39 bits per heavy atom. The SMILES string of the molecule is CC(C)[C@H](CN1CCC(c2ccc(Cl)cc2)C(C)(C)C1)NC(=O)N1CCCC1. The van der Waals surface area contributed by atoms with Gasteiger partial charge in [-0.05, 0) is 60.8 Å². The molecule has 1 aromatic rings. The van der Waals surface area contributed by atoms with Crippen molar-refractivity contribution in [1.82, 2.24) is 15.1 Å². The molecule has 1 N–H and O–H groups in total. The van der Waals surface area contributed by atoms with Gasteiger partial charge >= 0.3 is 6.03 Å². The third kappa shape index (κ3) is 5.21. The Bertz CT molecular complexity index is 652. The van der Waals surface area contributed by atoms with Crippen molar-refractivity contribution in [2.24, 2.45) is 11.3 Å². The molecule has 0 radical (unpaired) electrons. The molecule has 0 spiro atoms. The predicted molar refractivity (Wildman–Crippen MR) is 117 cm³/mol. The maximum atomic E-state index is 12.6. The molecule has 2 aliphatic rings.